The monoisotopic (exact) mass is 298 g/mol. The van der Waals surface area contributed by atoms with Crippen LogP contribution < -0.4 is 5.73 Å². The summed E-state index contributed by atoms with van der Waals surface area (Å²) >= 11 is 2.03. The Morgan fingerprint density at radius 2 is 1.90 bits per heavy atom. The van der Waals surface area contributed by atoms with Gasteiger partial charge in [0, 0.05) is 28.9 Å². The van der Waals surface area contributed by atoms with Crippen LogP contribution in [-0.2, 0) is 13.0 Å². The van der Waals surface area contributed by atoms with Gasteiger partial charge in [-0.1, -0.05) is 37.3 Å². The first kappa shape index (κ1) is 14.5. The van der Waals surface area contributed by atoms with Crippen LogP contribution in [-0.4, -0.2) is 23.2 Å². The second-order valence-electron chi connectivity index (χ2n) is 5.62. The number of fused-ring (bicyclic) bond motifs is 1. The van der Waals surface area contributed by atoms with Crippen LogP contribution in [0, 0.1) is 0 Å². The first-order valence-corrected chi connectivity index (χ1v) is 8.44. The molecule has 2 aromatic carbocycles. The maximum Gasteiger partial charge on any atom is 0.0314 e. The van der Waals surface area contributed by atoms with Crippen molar-refractivity contribution in [1.82, 2.24) is 4.90 Å². The van der Waals surface area contributed by atoms with Crippen molar-refractivity contribution >= 4 is 17.4 Å². The molecule has 21 heavy (non-hydrogen) atoms. The highest BCUT2D eigenvalue weighted by atomic mass is 32.2. The molecule has 0 saturated carbocycles. The minimum atomic E-state index is 0.677. The van der Waals surface area contributed by atoms with Crippen molar-refractivity contribution in [2.45, 2.75) is 30.0 Å². The van der Waals surface area contributed by atoms with Gasteiger partial charge in [0.1, 0.15) is 0 Å². The van der Waals surface area contributed by atoms with Gasteiger partial charge in [0.25, 0.3) is 0 Å². The van der Waals surface area contributed by atoms with E-state index in [2.05, 4.69) is 48.2 Å². The molecule has 1 unspecified atom stereocenters. The highest BCUT2D eigenvalue weighted by molar-refractivity contribution is 8.00. The van der Waals surface area contributed by atoms with Crippen molar-refractivity contribution in [3.63, 3.8) is 0 Å². The Morgan fingerprint density at radius 1 is 1.14 bits per heavy atom. The molecule has 0 saturated heterocycles. The fourth-order valence-corrected chi connectivity index (χ4v) is 4.20. The van der Waals surface area contributed by atoms with Crippen molar-refractivity contribution < 1.29 is 0 Å². The molecule has 0 spiro atoms. The SMILES string of the molecule is CCN(Cc1ccc(N)cc1)CC1Cc2ccccc2S1. The van der Waals surface area contributed by atoms with Crippen LogP contribution in [0.15, 0.2) is 53.4 Å². The highest BCUT2D eigenvalue weighted by Gasteiger charge is 2.23. The number of nitrogens with zero attached hydrogens (tertiary/aromatic N) is 1. The van der Waals surface area contributed by atoms with Gasteiger partial charge in [-0.25, -0.2) is 0 Å². The van der Waals surface area contributed by atoms with E-state index in [9.17, 15) is 0 Å². The number of hydrogen-bond donors (Lipinski definition) is 1. The largest absolute Gasteiger partial charge is 0.399 e. The predicted octanol–water partition coefficient (Wildman–Crippen LogP) is 3.81. The molecule has 2 aromatic rings. The van der Waals surface area contributed by atoms with Crippen molar-refractivity contribution in [3.05, 3.63) is 59.7 Å². The third kappa shape index (κ3) is 3.60. The number of nitrogens with two attached hydrogens (primary N) is 1. The molecule has 3 heteroatoms. The molecule has 0 bridgehead atoms. The number of benzene rings is 2. The summed E-state index contributed by atoms with van der Waals surface area (Å²) < 4.78 is 0. The van der Waals surface area contributed by atoms with Crippen LogP contribution in [0.4, 0.5) is 5.69 Å². The van der Waals surface area contributed by atoms with E-state index < -0.39 is 0 Å². The quantitative estimate of drug-likeness (QED) is 0.851. The van der Waals surface area contributed by atoms with E-state index >= 15 is 0 Å². The lowest BCUT2D eigenvalue weighted by molar-refractivity contribution is 0.281. The third-order valence-electron chi connectivity index (χ3n) is 4.01. The summed E-state index contributed by atoms with van der Waals surface area (Å²) in [5.41, 5.74) is 9.44. The molecule has 0 amide bonds. The van der Waals surface area contributed by atoms with E-state index in [1.165, 1.54) is 22.4 Å². The van der Waals surface area contributed by atoms with E-state index in [1.807, 2.05) is 23.9 Å². The van der Waals surface area contributed by atoms with Crippen molar-refractivity contribution in [3.8, 4) is 0 Å². The Kier molecular flexibility index (Phi) is 4.51. The van der Waals surface area contributed by atoms with Crippen LogP contribution in [0.5, 0.6) is 0 Å². The molecule has 2 N–H and O–H groups in total. The molecule has 0 aromatic heterocycles. The molecule has 2 nitrogen and oxygen atoms in total. The lowest BCUT2D eigenvalue weighted by Gasteiger charge is -2.23. The van der Waals surface area contributed by atoms with Crippen LogP contribution in [0.1, 0.15) is 18.1 Å². The van der Waals surface area contributed by atoms with E-state index in [4.69, 9.17) is 5.73 Å². The standard InChI is InChI=1S/C18H22N2S/c1-2-20(12-14-7-9-16(19)10-8-14)13-17-11-15-5-3-4-6-18(15)21-17/h3-10,17H,2,11-13,19H2,1H3. The van der Waals surface area contributed by atoms with Gasteiger partial charge < -0.3 is 5.73 Å². The van der Waals surface area contributed by atoms with E-state index in [0.29, 0.717) is 5.25 Å². The molecule has 1 aliphatic heterocycles. The second-order valence-corrected chi connectivity index (χ2v) is 6.96. The zero-order valence-corrected chi connectivity index (χ0v) is 13.3. The van der Waals surface area contributed by atoms with Crippen LogP contribution in [0.2, 0.25) is 0 Å². The number of rotatable bonds is 5. The molecular formula is C18H22N2S. The fraction of sp³-hybridized carbons (Fsp3) is 0.333. The summed E-state index contributed by atoms with van der Waals surface area (Å²) in [6.45, 7) is 5.46. The molecule has 1 heterocycles. The summed E-state index contributed by atoms with van der Waals surface area (Å²) in [7, 11) is 0. The number of anilines is 1. The van der Waals surface area contributed by atoms with Gasteiger partial charge in [0.15, 0.2) is 0 Å². The molecule has 0 radical (unpaired) electrons. The lowest BCUT2D eigenvalue weighted by Crippen LogP contribution is -2.30. The molecule has 110 valence electrons. The maximum atomic E-state index is 5.75. The van der Waals surface area contributed by atoms with Crippen LogP contribution in [0.25, 0.3) is 0 Å². The zero-order valence-electron chi connectivity index (χ0n) is 12.5. The summed E-state index contributed by atoms with van der Waals surface area (Å²) in [5, 5.41) is 0.677. The average molecular weight is 298 g/mol. The van der Waals surface area contributed by atoms with Crippen molar-refractivity contribution in [2.24, 2.45) is 0 Å². The van der Waals surface area contributed by atoms with Gasteiger partial charge in [-0.3, -0.25) is 4.90 Å². The predicted molar refractivity (Wildman–Crippen MR) is 91.6 cm³/mol. The lowest BCUT2D eigenvalue weighted by atomic mass is 10.1. The van der Waals surface area contributed by atoms with Gasteiger partial charge in [-0.05, 0) is 42.3 Å². The van der Waals surface area contributed by atoms with Gasteiger partial charge >= 0.3 is 0 Å². The van der Waals surface area contributed by atoms with Gasteiger partial charge in [-0.15, -0.1) is 11.8 Å². The normalized spacial score (nSPS) is 17.1. The Bertz CT molecular complexity index is 569. The van der Waals surface area contributed by atoms with Gasteiger partial charge in [-0.2, -0.15) is 0 Å². The first-order chi connectivity index (χ1) is 10.2. The zero-order chi connectivity index (χ0) is 14.7. The van der Waals surface area contributed by atoms with E-state index in [1.54, 1.807) is 0 Å². The maximum absolute atomic E-state index is 5.75. The fourth-order valence-electron chi connectivity index (χ4n) is 2.83. The minimum Gasteiger partial charge on any atom is -0.399 e. The Morgan fingerprint density at radius 3 is 2.62 bits per heavy atom. The molecule has 3 rings (SSSR count). The van der Waals surface area contributed by atoms with Crippen LogP contribution in [0.3, 0.4) is 0 Å². The topological polar surface area (TPSA) is 29.3 Å². The van der Waals surface area contributed by atoms with Crippen molar-refractivity contribution in [1.29, 1.82) is 0 Å². The smallest absolute Gasteiger partial charge is 0.0314 e. The third-order valence-corrected chi connectivity index (χ3v) is 5.31. The summed E-state index contributed by atoms with van der Waals surface area (Å²) in [6, 6.07) is 17.0. The summed E-state index contributed by atoms with van der Waals surface area (Å²) in [6.07, 6.45) is 1.19. The minimum absolute atomic E-state index is 0.677. The van der Waals surface area contributed by atoms with E-state index in [0.717, 1.165) is 25.3 Å². The summed E-state index contributed by atoms with van der Waals surface area (Å²) in [4.78, 5) is 3.99. The Hall–Kier alpha value is -1.45. The summed E-state index contributed by atoms with van der Waals surface area (Å²) in [5.74, 6) is 0. The average Bonchev–Trinajstić information content (AvgIpc) is 2.91. The van der Waals surface area contributed by atoms with Crippen LogP contribution >= 0.6 is 11.8 Å². The van der Waals surface area contributed by atoms with E-state index in [-0.39, 0.29) is 0 Å². The highest BCUT2D eigenvalue weighted by Crippen LogP contribution is 2.37. The number of nitrogen functional groups attached to an aromatic ring is 1. The molecule has 0 fully saturated rings. The molecule has 1 atom stereocenters. The number of thioether (sulfide) groups is 1. The molecular weight excluding hydrogens is 276 g/mol. The van der Waals surface area contributed by atoms with Gasteiger partial charge in [0.2, 0.25) is 0 Å². The van der Waals surface area contributed by atoms with Crippen molar-refractivity contribution in [2.75, 3.05) is 18.8 Å². The Labute approximate surface area is 131 Å². The molecule has 0 aliphatic carbocycles. The number of hydrogen-bond acceptors (Lipinski definition) is 3. The molecule has 1 aliphatic rings. The first-order valence-electron chi connectivity index (χ1n) is 7.56. The van der Waals surface area contributed by atoms with Gasteiger partial charge in [0.05, 0.1) is 0 Å². The second kappa shape index (κ2) is 6.54. The Balaban J connectivity index is 1.60.